The van der Waals surface area contributed by atoms with Crippen LogP contribution in [0.15, 0.2) is 23.7 Å². The molecule has 0 aromatic carbocycles. The minimum Gasteiger partial charge on any atom is -0.309 e. The second kappa shape index (κ2) is 6.46. The van der Waals surface area contributed by atoms with Gasteiger partial charge in [0.15, 0.2) is 5.82 Å². The molecule has 1 N–H and O–H groups in total. The van der Waals surface area contributed by atoms with Crippen molar-refractivity contribution in [1.82, 2.24) is 30.0 Å². The van der Waals surface area contributed by atoms with E-state index in [-0.39, 0.29) is 0 Å². The van der Waals surface area contributed by atoms with Crippen molar-refractivity contribution in [2.45, 2.75) is 11.6 Å². The Labute approximate surface area is 110 Å². The molecule has 0 unspecified atom stereocenters. The van der Waals surface area contributed by atoms with Gasteiger partial charge in [0.2, 0.25) is 5.16 Å². The molecule has 18 heavy (non-hydrogen) atoms. The summed E-state index contributed by atoms with van der Waals surface area (Å²) >= 11 is 1.65. The first-order valence-corrected chi connectivity index (χ1v) is 6.70. The smallest absolute Gasteiger partial charge is 0.208 e. The van der Waals surface area contributed by atoms with Crippen LogP contribution in [0.2, 0.25) is 0 Å². The highest BCUT2D eigenvalue weighted by atomic mass is 32.2. The normalized spacial score (nSPS) is 11.1. The van der Waals surface area contributed by atoms with Crippen molar-refractivity contribution in [2.24, 2.45) is 0 Å². The zero-order valence-electron chi connectivity index (χ0n) is 10.5. The Bertz CT molecular complexity index is 469. The van der Waals surface area contributed by atoms with Gasteiger partial charge >= 0.3 is 0 Å². The lowest BCUT2D eigenvalue weighted by molar-refractivity contribution is 0.410. The fourth-order valence-electron chi connectivity index (χ4n) is 1.39. The van der Waals surface area contributed by atoms with Gasteiger partial charge in [0.1, 0.15) is 5.69 Å². The highest BCUT2D eigenvalue weighted by Gasteiger charge is 2.06. The van der Waals surface area contributed by atoms with Crippen molar-refractivity contribution < 1.29 is 0 Å². The summed E-state index contributed by atoms with van der Waals surface area (Å²) in [6.07, 6.45) is 6.06. The first-order valence-electron chi connectivity index (χ1n) is 5.72. The zero-order valence-corrected chi connectivity index (χ0v) is 11.3. The van der Waals surface area contributed by atoms with E-state index in [4.69, 9.17) is 0 Å². The molecule has 0 aliphatic rings. The molecular formula is C11H16N6S. The Kier molecular flexibility index (Phi) is 4.66. The SMILES string of the molecule is CN(C)CCCSc1n[nH]c(-c2cnccn2)n1. The van der Waals surface area contributed by atoms with Crippen molar-refractivity contribution in [1.29, 1.82) is 0 Å². The van der Waals surface area contributed by atoms with Crippen LogP contribution in [0.1, 0.15) is 6.42 Å². The average molecular weight is 264 g/mol. The van der Waals surface area contributed by atoms with Crippen molar-refractivity contribution in [2.75, 3.05) is 26.4 Å². The molecule has 0 bridgehead atoms. The minimum atomic E-state index is 0.665. The first kappa shape index (κ1) is 13.0. The van der Waals surface area contributed by atoms with Crippen molar-refractivity contribution in [3.05, 3.63) is 18.6 Å². The molecule has 6 nitrogen and oxygen atoms in total. The van der Waals surface area contributed by atoms with Crippen LogP contribution in [0.25, 0.3) is 11.5 Å². The van der Waals surface area contributed by atoms with E-state index < -0.39 is 0 Å². The number of hydrogen-bond acceptors (Lipinski definition) is 6. The molecule has 0 saturated heterocycles. The Morgan fingerprint density at radius 3 is 2.94 bits per heavy atom. The van der Waals surface area contributed by atoms with Crippen molar-refractivity contribution in [3.8, 4) is 11.5 Å². The van der Waals surface area contributed by atoms with E-state index in [0.717, 1.165) is 23.9 Å². The summed E-state index contributed by atoms with van der Waals surface area (Å²) in [4.78, 5) is 14.7. The van der Waals surface area contributed by atoms with Gasteiger partial charge in [0, 0.05) is 18.1 Å². The largest absolute Gasteiger partial charge is 0.309 e. The van der Waals surface area contributed by atoms with E-state index in [0.29, 0.717) is 11.5 Å². The molecule has 0 aliphatic carbocycles. The van der Waals surface area contributed by atoms with E-state index in [1.165, 1.54) is 0 Å². The van der Waals surface area contributed by atoms with E-state index in [2.05, 4.69) is 44.1 Å². The third kappa shape index (κ3) is 3.78. The molecule has 2 heterocycles. The summed E-state index contributed by atoms with van der Waals surface area (Å²) in [6.45, 7) is 1.08. The summed E-state index contributed by atoms with van der Waals surface area (Å²) in [6, 6.07) is 0. The highest BCUT2D eigenvalue weighted by Crippen LogP contribution is 2.17. The number of H-pyrrole nitrogens is 1. The molecule has 0 amide bonds. The molecular weight excluding hydrogens is 248 g/mol. The maximum Gasteiger partial charge on any atom is 0.208 e. The van der Waals surface area contributed by atoms with Crippen LogP contribution in [0.4, 0.5) is 0 Å². The van der Waals surface area contributed by atoms with Gasteiger partial charge in [-0.15, -0.1) is 5.10 Å². The molecule has 96 valence electrons. The van der Waals surface area contributed by atoms with Crippen molar-refractivity contribution in [3.63, 3.8) is 0 Å². The number of aromatic amines is 1. The van der Waals surface area contributed by atoms with Gasteiger partial charge in [0.25, 0.3) is 0 Å². The van der Waals surface area contributed by atoms with E-state index in [9.17, 15) is 0 Å². The van der Waals surface area contributed by atoms with Gasteiger partial charge in [-0.2, -0.15) is 4.98 Å². The van der Waals surface area contributed by atoms with Crippen LogP contribution < -0.4 is 0 Å². The number of nitrogens with zero attached hydrogens (tertiary/aromatic N) is 5. The Morgan fingerprint density at radius 2 is 2.22 bits per heavy atom. The van der Waals surface area contributed by atoms with Gasteiger partial charge < -0.3 is 4.90 Å². The van der Waals surface area contributed by atoms with Gasteiger partial charge in [-0.1, -0.05) is 11.8 Å². The van der Waals surface area contributed by atoms with Gasteiger partial charge in [-0.05, 0) is 27.1 Å². The van der Waals surface area contributed by atoms with E-state index in [1.807, 2.05) is 0 Å². The molecule has 2 rings (SSSR count). The summed E-state index contributed by atoms with van der Waals surface area (Å²) < 4.78 is 0. The lowest BCUT2D eigenvalue weighted by atomic mass is 10.4. The molecule has 7 heteroatoms. The summed E-state index contributed by atoms with van der Waals surface area (Å²) in [5, 5.41) is 7.79. The standard InChI is InChI=1S/C11H16N6S/c1-17(2)6-3-7-18-11-14-10(15-16-11)9-8-12-4-5-13-9/h4-5,8H,3,6-7H2,1-2H3,(H,14,15,16). The van der Waals surface area contributed by atoms with Crippen LogP contribution in [0, 0.1) is 0 Å². The van der Waals surface area contributed by atoms with Crippen molar-refractivity contribution >= 4 is 11.8 Å². The second-order valence-electron chi connectivity index (χ2n) is 4.06. The summed E-state index contributed by atoms with van der Waals surface area (Å²) in [7, 11) is 4.15. The third-order valence-corrected chi connectivity index (χ3v) is 3.19. The molecule has 2 aromatic rings. The van der Waals surface area contributed by atoms with Crippen LogP contribution in [0.3, 0.4) is 0 Å². The number of aromatic nitrogens is 5. The number of thioether (sulfide) groups is 1. The highest BCUT2D eigenvalue weighted by molar-refractivity contribution is 7.99. The summed E-state index contributed by atoms with van der Waals surface area (Å²) in [5.41, 5.74) is 0.713. The maximum atomic E-state index is 4.38. The van der Waals surface area contributed by atoms with Gasteiger partial charge in [0.05, 0.1) is 6.20 Å². The fraction of sp³-hybridized carbons (Fsp3) is 0.455. The van der Waals surface area contributed by atoms with Crippen LogP contribution in [-0.2, 0) is 0 Å². The van der Waals surface area contributed by atoms with Crippen LogP contribution >= 0.6 is 11.8 Å². The number of nitrogens with one attached hydrogen (secondary N) is 1. The van der Waals surface area contributed by atoms with Crippen LogP contribution in [-0.4, -0.2) is 56.4 Å². The first-order chi connectivity index (χ1) is 8.75. The van der Waals surface area contributed by atoms with E-state index >= 15 is 0 Å². The topological polar surface area (TPSA) is 70.6 Å². The lowest BCUT2D eigenvalue weighted by Crippen LogP contribution is -2.13. The zero-order chi connectivity index (χ0) is 12.8. The quantitative estimate of drug-likeness (QED) is 0.626. The second-order valence-corrected chi connectivity index (χ2v) is 5.12. The lowest BCUT2D eigenvalue weighted by Gasteiger charge is -2.07. The fourth-order valence-corrected chi connectivity index (χ4v) is 2.11. The minimum absolute atomic E-state index is 0.665. The van der Waals surface area contributed by atoms with Crippen LogP contribution in [0.5, 0.6) is 0 Å². The molecule has 0 atom stereocenters. The predicted octanol–water partition coefficient (Wildman–Crippen LogP) is 1.31. The molecule has 0 fully saturated rings. The number of rotatable bonds is 6. The maximum absolute atomic E-state index is 4.38. The van der Waals surface area contributed by atoms with Gasteiger partial charge in [-0.25, -0.2) is 4.98 Å². The predicted molar refractivity (Wildman–Crippen MR) is 71.3 cm³/mol. The van der Waals surface area contributed by atoms with Gasteiger partial charge in [-0.3, -0.25) is 10.1 Å². The molecule has 0 saturated carbocycles. The Balaban J connectivity index is 1.87. The molecule has 0 radical (unpaired) electrons. The van der Waals surface area contributed by atoms with E-state index in [1.54, 1.807) is 30.4 Å². The number of hydrogen-bond donors (Lipinski definition) is 1. The molecule has 0 spiro atoms. The summed E-state index contributed by atoms with van der Waals surface area (Å²) in [5.74, 6) is 1.67. The monoisotopic (exact) mass is 264 g/mol. The Hall–Kier alpha value is -1.47. The Morgan fingerprint density at radius 1 is 1.33 bits per heavy atom. The molecule has 0 aliphatic heterocycles. The molecule has 2 aromatic heterocycles. The average Bonchev–Trinajstić information content (AvgIpc) is 2.84. The third-order valence-electron chi connectivity index (χ3n) is 2.25.